The van der Waals surface area contributed by atoms with Gasteiger partial charge in [-0.25, -0.2) is 0 Å². The first-order valence-electron chi connectivity index (χ1n) is 4.02. The topological polar surface area (TPSA) is 55.1 Å². The van der Waals surface area contributed by atoms with E-state index in [-0.39, 0.29) is 5.91 Å². The molecule has 7 heteroatoms. The fourth-order valence-corrected chi connectivity index (χ4v) is 2.45. The van der Waals surface area contributed by atoms with Crippen molar-refractivity contribution in [3.63, 3.8) is 0 Å². The van der Waals surface area contributed by atoms with Crippen LogP contribution in [-0.4, -0.2) is 17.4 Å². The van der Waals surface area contributed by atoms with E-state index >= 15 is 0 Å². The van der Waals surface area contributed by atoms with Crippen LogP contribution in [-0.2, 0) is 0 Å². The van der Waals surface area contributed by atoms with Crippen molar-refractivity contribution in [3.05, 3.63) is 20.3 Å². The first kappa shape index (κ1) is 12.7. The third kappa shape index (κ3) is 3.95. The second-order valence-electron chi connectivity index (χ2n) is 2.71. The van der Waals surface area contributed by atoms with Crippen molar-refractivity contribution in [1.82, 2.24) is 5.32 Å². The highest BCUT2D eigenvalue weighted by Gasteiger charge is 2.13. The van der Waals surface area contributed by atoms with Gasteiger partial charge in [0.15, 0.2) is 0 Å². The second kappa shape index (κ2) is 5.65. The Morgan fingerprint density at radius 3 is 2.73 bits per heavy atom. The third-order valence-electron chi connectivity index (χ3n) is 1.56. The quantitative estimate of drug-likeness (QED) is 0.835. The molecule has 0 aliphatic heterocycles. The number of thiocarbonyl (C=S) groups is 1. The molecule has 0 atom stereocenters. The van der Waals surface area contributed by atoms with Crippen molar-refractivity contribution in [2.24, 2.45) is 5.73 Å². The largest absolute Gasteiger partial charge is 0.393 e. The van der Waals surface area contributed by atoms with Gasteiger partial charge in [0.1, 0.15) is 4.34 Å². The smallest absolute Gasteiger partial charge is 0.253 e. The molecule has 3 nitrogen and oxygen atoms in total. The molecule has 15 heavy (non-hydrogen) atoms. The molecule has 0 spiro atoms. The molecule has 82 valence electrons. The average molecular weight is 283 g/mol. The zero-order valence-electron chi connectivity index (χ0n) is 7.55. The van der Waals surface area contributed by atoms with E-state index in [0.29, 0.717) is 32.2 Å². The van der Waals surface area contributed by atoms with Crippen LogP contribution in [0.1, 0.15) is 16.8 Å². The predicted octanol–water partition coefficient (Wildman–Crippen LogP) is 2.46. The van der Waals surface area contributed by atoms with Gasteiger partial charge in [0, 0.05) is 13.0 Å². The molecule has 0 aromatic carbocycles. The summed E-state index contributed by atoms with van der Waals surface area (Å²) in [4.78, 5) is 11.9. The molecule has 1 aromatic heterocycles. The number of carbonyl (C=O) groups excluding carboxylic acids is 1. The van der Waals surface area contributed by atoms with Crippen LogP contribution in [0.2, 0.25) is 8.67 Å². The highest BCUT2D eigenvalue weighted by molar-refractivity contribution is 7.80. The highest BCUT2D eigenvalue weighted by Crippen LogP contribution is 2.30. The number of carbonyl (C=O) groups is 1. The molecule has 1 aromatic rings. The summed E-state index contributed by atoms with van der Waals surface area (Å²) < 4.78 is 0.868. The number of hydrogen-bond acceptors (Lipinski definition) is 3. The van der Waals surface area contributed by atoms with Crippen LogP contribution in [0.5, 0.6) is 0 Å². The van der Waals surface area contributed by atoms with E-state index in [9.17, 15) is 4.79 Å². The summed E-state index contributed by atoms with van der Waals surface area (Å²) in [5, 5.41) is 2.64. The van der Waals surface area contributed by atoms with Crippen molar-refractivity contribution in [2.75, 3.05) is 6.54 Å². The number of halogens is 2. The van der Waals surface area contributed by atoms with Gasteiger partial charge in [0.25, 0.3) is 5.91 Å². The van der Waals surface area contributed by atoms with E-state index in [0.717, 1.165) is 11.3 Å². The molecule has 0 aliphatic carbocycles. The minimum Gasteiger partial charge on any atom is -0.393 e. The summed E-state index contributed by atoms with van der Waals surface area (Å²) in [6.07, 6.45) is 0.469. The maximum absolute atomic E-state index is 11.5. The Balaban J connectivity index is 2.54. The Hall–Kier alpha value is -0.360. The van der Waals surface area contributed by atoms with Crippen LogP contribution < -0.4 is 11.1 Å². The summed E-state index contributed by atoms with van der Waals surface area (Å²) in [6, 6.07) is 1.53. The van der Waals surface area contributed by atoms with E-state index in [2.05, 4.69) is 17.5 Å². The zero-order chi connectivity index (χ0) is 11.4. The van der Waals surface area contributed by atoms with Gasteiger partial charge in [0.05, 0.1) is 14.9 Å². The molecule has 1 heterocycles. The van der Waals surface area contributed by atoms with E-state index in [1.165, 1.54) is 6.07 Å². The van der Waals surface area contributed by atoms with Crippen molar-refractivity contribution >= 4 is 57.7 Å². The zero-order valence-corrected chi connectivity index (χ0v) is 10.7. The fraction of sp³-hybridized carbons (Fsp3) is 0.250. The van der Waals surface area contributed by atoms with E-state index in [4.69, 9.17) is 28.9 Å². The molecule has 0 unspecified atom stereocenters. The molecule has 0 fully saturated rings. The lowest BCUT2D eigenvalue weighted by Gasteiger charge is -2.02. The lowest BCUT2D eigenvalue weighted by molar-refractivity contribution is 0.0955. The minimum absolute atomic E-state index is 0.264. The monoisotopic (exact) mass is 282 g/mol. The first-order valence-corrected chi connectivity index (χ1v) is 6.00. The summed E-state index contributed by atoms with van der Waals surface area (Å²) in [5.41, 5.74) is 5.67. The van der Waals surface area contributed by atoms with Gasteiger partial charge in [-0.1, -0.05) is 35.4 Å². The Kier molecular flexibility index (Phi) is 4.79. The lowest BCUT2D eigenvalue weighted by Crippen LogP contribution is -2.27. The van der Waals surface area contributed by atoms with Gasteiger partial charge >= 0.3 is 0 Å². The summed E-state index contributed by atoms with van der Waals surface area (Å²) >= 11 is 17.3. The fourth-order valence-electron chi connectivity index (χ4n) is 0.890. The number of thiophene rings is 1. The van der Waals surface area contributed by atoms with Gasteiger partial charge in [-0.3, -0.25) is 4.79 Å². The lowest BCUT2D eigenvalue weighted by atomic mass is 10.3. The van der Waals surface area contributed by atoms with Crippen LogP contribution in [0.25, 0.3) is 0 Å². The van der Waals surface area contributed by atoms with Crippen LogP contribution in [0.4, 0.5) is 0 Å². The van der Waals surface area contributed by atoms with E-state index in [1.54, 1.807) is 0 Å². The second-order valence-corrected chi connectivity index (χ2v) is 5.52. The molecule has 1 rings (SSSR count). The molecular formula is C8H8Cl2N2OS2. The van der Waals surface area contributed by atoms with Gasteiger partial charge in [0.2, 0.25) is 0 Å². The van der Waals surface area contributed by atoms with Gasteiger partial charge in [-0.15, -0.1) is 11.3 Å². The number of nitrogens with one attached hydrogen (secondary N) is 1. The van der Waals surface area contributed by atoms with Crippen LogP contribution >= 0.6 is 46.8 Å². The SMILES string of the molecule is NC(=S)CCNC(=O)c1cc(Cl)sc1Cl. The first-order chi connectivity index (χ1) is 7.00. The number of nitrogens with two attached hydrogens (primary N) is 1. The molecule has 0 radical (unpaired) electrons. The van der Waals surface area contributed by atoms with Crippen LogP contribution in [0.3, 0.4) is 0 Å². The minimum atomic E-state index is -0.264. The summed E-state index contributed by atoms with van der Waals surface area (Å²) in [7, 11) is 0. The molecule has 0 bridgehead atoms. The van der Waals surface area contributed by atoms with Gasteiger partial charge < -0.3 is 11.1 Å². The number of rotatable bonds is 4. The Morgan fingerprint density at radius 2 is 2.27 bits per heavy atom. The molecule has 0 saturated carbocycles. The Labute approximate surface area is 107 Å². The van der Waals surface area contributed by atoms with Crippen molar-refractivity contribution in [1.29, 1.82) is 0 Å². The number of hydrogen-bond donors (Lipinski definition) is 2. The van der Waals surface area contributed by atoms with Crippen molar-refractivity contribution in [2.45, 2.75) is 6.42 Å². The molecule has 1 amide bonds. The molecule has 3 N–H and O–H groups in total. The maximum atomic E-state index is 11.5. The number of amides is 1. The third-order valence-corrected chi connectivity index (χ3v) is 3.25. The highest BCUT2D eigenvalue weighted by atomic mass is 35.5. The maximum Gasteiger partial charge on any atom is 0.253 e. The van der Waals surface area contributed by atoms with Gasteiger partial charge in [-0.05, 0) is 6.07 Å². The average Bonchev–Trinajstić information content (AvgIpc) is 2.44. The summed E-state index contributed by atoms with van der Waals surface area (Å²) in [5.74, 6) is -0.264. The van der Waals surface area contributed by atoms with E-state index < -0.39 is 0 Å². The van der Waals surface area contributed by atoms with Crippen molar-refractivity contribution in [3.8, 4) is 0 Å². The summed E-state index contributed by atoms with van der Waals surface area (Å²) in [6.45, 7) is 0.401. The van der Waals surface area contributed by atoms with Crippen LogP contribution in [0, 0.1) is 0 Å². The Morgan fingerprint density at radius 1 is 1.60 bits per heavy atom. The van der Waals surface area contributed by atoms with Gasteiger partial charge in [-0.2, -0.15) is 0 Å². The van der Waals surface area contributed by atoms with Crippen molar-refractivity contribution < 1.29 is 4.79 Å². The standard InChI is InChI=1S/C8H8Cl2N2OS2/c9-5-3-4(7(10)15-5)8(13)12-2-1-6(11)14/h3H,1-2H2,(H2,11,14)(H,12,13). The van der Waals surface area contributed by atoms with E-state index in [1.807, 2.05) is 0 Å². The normalized spacial score (nSPS) is 10.0. The molecule has 0 aliphatic rings. The predicted molar refractivity (Wildman–Crippen MR) is 68.1 cm³/mol. The Bertz CT molecular complexity index is 392. The molecule has 0 saturated heterocycles. The molecular weight excluding hydrogens is 275 g/mol. The van der Waals surface area contributed by atoms with Crippen LogP contribution in [0.15, 0.2) is 6.07 Å².